The summed E-state index contributed by atoms with van der Waals surface area (Å²) in [5.41, 5.74) is 4.03. The van der Waals surface area contributed by atoms with Crippen LogP contribution in [0.15, 0.2) is 95.7 Å². The number of hydrogen-bond acceptors (Lipinski definition) is 4. The number of fused-ring (bicyclic) bond motifs is 1. The van der Waals surface area contributed by atoms with E-state index >= 15 is 0 Å². The summed E-state index contributed by atoms with van der Waals surface area (Å²) >= 11 is 1.29. The number of H-pyrrole nitrogens is 1. The third kappa shape index (κ3) is 3.91. The van der Waals surface area contributed by atoms with Gasteiger partial charge in [0.15, 0.2) is 0 Å². The lowest BCUT2D eigenvalue weighted by atomic mass is 10.0. The number of Topliss-reactive ketones (excluding diaryl/α,β-unsaturated/α-hetero) is 1. The molecule has 0 radical (unpaired) electrons. The van der Waals surface area contributed by atoms with E-state index in [2.05, 4.69) is 11.1 Å². The summed E-state index contributed by atoms with van der Waals surface area (Å²) in [6, 6.07) is 26.8. The molecule has 2 heterocycles. The number of nitrogens with one attached hydrogen (secondary N) is 1. The van der Waals surface area contributed by atoms with Crippen molar-refractivity contribution in [3.05, 3.63) is 112 Å². The molecule has 6 heteroatoms. The van der Waals surface area contributed by atoms with Gasteiger partial charge in [0.25, 0.3) is 0 Å². The Kier molecular flexibility index (Phi) is 5.79. The number of hydrogen-bond donors (Lipinski definition) is 1. The number of ketones is 1. The van der Waals surface area contributed by atoms with E-state index in [1.807, 2.05) is 85.8 Å². The molecule has 0 saturated carbocycles. The van der Waals surface area contributed by atoms with Gasteiger partial charge in [-0.05, 0) is 37.1 Å². The number of aromatic nitrogens is 1. The Bertz CT molecular complexity index is 1460. The number of benzene rings is 3. The number of nitriles is 1. The van der Waals surface area contributed by atoms with E-state index in [-0.39, 0.29) is 11.5 Å². The van der Waals surface area contributed by atoms with Crippen molar-refractivity contribution in [2.24, 2.45) is 0 Å². The minimum atomic E-state index is -0.433. The standard InChI is InChI=1S/C28H21N3O2S/c1-18-11-13-19(14-12-18)15-25-27(33)31(20-7-3-2-4-8-20)28(34-25)22(16-29)26(32)23-17-30-24-10-6-5-9-21(23)24/h2-14,17,25,30H,15H2,1H3/b28-22+. The Morgan fingerprint density at radius 1 is 1.03 bits per heavy atom. The van der Waals surface area contributed by atoms with Crippen molar-refractivity contribution in [1.82, 2.24) is 4.98 Å². The molecule has 5 nitrogen and oxygen atoms in total. The Morgan fingerprint density at radius 2 is 1.74 bits per heavy atom. The molecule has 1 atom stereocenters. The largest absolute Gasteiger partial charge is 0.360 e. The zero-order valence-corrected chi connectivity index (χ0v) is 19.3. The van der Waals surface area contributed by atoms with E-state index in [1.54, 1.807) is 6.20 Å². The highest BCUT2D eigenvalue weighted by atomic mass is 32.2. The van der Waals surface area contributed by atoms with Gasteiger partial charge in [0.1, 0.15) is 16.7 Å². The van der Waals surface area contributed by atoms with Gasteiger partial charge in [-0.25, -0.2) is 0 Å². The molecule has 166 valence electrons. The van der Waals surface area contributed by atoms with Crippen molar-refractivity contribution in [3.8, 4) is 6.07 Å². The Balaban J connectivity index is 1.59. The van der Waals surface area contributed by atoms with E-state index in [0.29, 0.717) is 22.7 Å². The topological polar surface area (TPSA) is 77.0 Å². The summed E-state index contributed by atoms with van der Waals surface area (Å²) in [5.74, 6) is -0.529. The van der Waals surface area contributed by atoms with Gasteiger partial charge in [-0.15, -0.1) is 0 Å². The smallest absolute Gasteiger partial charge is 0.245 e. The molecule has 1 aliphatic heterocycles. The van der Waals surface area contributed by atoms with Crippen molar-refractivity contribution in [1.29, 1.82) is 5.26 Å². The molecule has 1 saturated heterocycles. The van der Waals surface area contributed by atoms with Crippen LogP contribution in [0.2, 0.25) is 0 Å². The summed E-state index contributed by atoms with van der Waals surface area (Å²) in [5, 5.41) is 10.8. The van der Waals surface area contributed by atoms with Gasteiger partial charge in [-0.1, -0.05) is 78.0 Å². The number of aryl methyl sites for hydroxylation is 1. The highest BCUT2D eigenvalue weighted by Gasteiger charge is 2.41. The predicted octanol–water partition coefficient (Wildman–Crippen LogP) is 5.79. The van der Waals surface area contributed by atoms with Crippen molar-refractivity contribution in [2.45, 2.75) is 18.6 Å². The maximum Gasteiger partial charge on any atom is 0.245 e. The SMILES string of the molecule is Cc1ccc(CC2S/C(=C(\C#N)C(=O)c3c[nH]c4ccccc34)N(c3ccccc3)C2=O)cc1. The molecule has 1 amide bonds. The number of carbonyl (C=O) groups excluding carboxylic acids is 2. The van der Waals surface area contributed by atoms with Crippen LogP contribution in [-0.4, -0.2) is 21.9 Å². The third-order valence-corrected chi connectivity index (χ3v) is 7.16. The molecule has 0 spiro atoms. The van der Waals surface area contributed by atoms with Crippen LogP contribution in [0.3, 0.4) is 0 Å². The van der Waals surface area contributed by atoms with Crippen molar-refractivity contribution in [3.63, 3.8) is 0 Å². The van der Waals surface area contributed by atoms with Gasteiger partial charge in [-0.3, -0.25) is 14.5 Å². The van der Waals surface area contributed by atoms with Gasteiger partial charge in [0.2, 0.25) is 11.7 Å². The first-order valence-corrected chi connectivity index (χ1v) is 11.8. The zero-order valence-electron chi connectivity index (χ0n) is 18.5. The zero-order chi connectivity index (χ0) is 23.7. The molecule has 1 fully saturated rings. The lowest BCUT2D eigenvalue weighted by Gasteiger charge is -2.18. The molecule has 0 aliphatic carbocycles. The lowest BCUT2D eigenvalue weighted by molar-refractivity contribution is -0.117. The number of thioether (sulfide) groups is 1. The third-order valence-electron chi connectivity index (χ3n) is 5.90. The van der Waals surface area contributed by atoms with Crippen molar-refractivity contribution in [2.75, 3.05) is 4.90 Å². The highest BCUT2D eigenvalue weighted by molar-refractivity contribution is 8.05. The molecule has 1 aliphatic rings. The first kappa shape index (κ1) is 21.7. The van der Waals surface area contributed by atoms with Crippen LogP contribution in [0.1, 0.15) is 21.5 Å². The molecule has 34 heavy (non-hydrogen) atoms. The fourth-order valence-electron chi connectivity index (χ4n) is 4.13. The van der Waals surface area contributed by atoms with Crippen molar-refractivity contribution < 1.29 is 9.59 Å². The molecule has 5 rings (SSSR count). The number of nitrogens with zero attached hydrogens (tertiary/aromatic N) is 2. The number of aromatic amines is 1. The molecular formula is C28H21N3O2S. The van der Waals surface area contributed by atoms with Crippen LogP contribution in [0.25, 0.3) is 10.9 Å². The second-order valence-electron chi connectivity index (χ2n) is 8.17. The fraction of sp³-hybridized carbons (Fsp3) is 0.107. The highest BCUT2D eigenvalue weighted by Crippen LogP contribution is 2.42. The maximum atomic E-state index is 13.6. The molecule has 1 unspecified atom stereocenters. The minimum absolute atomic E-state index is 0.0293. The summed E-state index contributed by atoms with van der Waals surface area (Å²) in [7, 11) is 0. The number of rotatable bonds is 5. The maximum absolute atomic E-state index is 13.6. The van der Waals surface area contributed by atoms with E-state index in [0.717, 1.165) is 22.0 Å². The van der Waals surface area contributed by atoms with Crippen molar-refractivity contribution >= 4 is 40.0 Å². The molecule has 0 bridgehead atoms. The predicted molar refractivity (Wildman–Crippen MR) is 135 cm³/mol. The summed E-state index contributed by atoms with van der Waals surface area (Å²) in [4.78, 5) is 31.8. The van der Waals surface area contributed by atoms with Crippen LogP contribution in [0.5, 0.6) is 0 Å². The van der Waals surface area contributed by atoms with Crippen LogP contribution < -0.4 is 4.90 Å². The van der Waals surface area contributed by atoms with Crippen LogP contribution in [-0.2, 0) is 11.2 Å². The Labute approximate surface area is 201 Å². The van der Waals surface area contributed by atoms with Gasteiger partial charge >= 0.3 is 0 Å². The number of carbonyl (C=O) groups is 2. The average Bonchev–Trinajstić information content (AvgIpc) is 3.43. The first-order valence-electron chi connectivity index (χ1n) is 10.9. The monoisotopic (exact) mass is 463 g/mol. The molecule has 3 aromatic carbocycles. The lowest BCUT2D eigenvalue weighted by Crippen LogP contribution is -2.30. The number of para-hydroxylation sites is 2. The second-order valence-corrected chi connectivity index (χ2v) is 9.37. The van der Waals surface area contributed by atoms with E-state index in [1.165, 1.54) is 16.7 Å². The number of amides is 1. The quantitative estimate of drug-likeness (QED) is 0.231. The number of allylic oxidation sites excluding steroid dienone is 1. The first-order chi connectivity index (χ1) is 16.6. The van der Waals surface area contributed by atoms with Gasteiger partial charge in [-0.2, -0.15) is 5.26 Å². The molecule has 1 N–H and O–H groups in total. The molecule has 4 aromatic rings. The fourth-order valence-corrected chi connectivity index (χ4v) is 5.44. The van der Waals surface area contributed by atoms with E-state index in [4.69, 9.17) is 0 Å². The summed E-state index contributed by atoms with van der Waals surface area (Å²) < 4.78 is 0. The summed E-state index contributed by atoms with van der Waals surface area (Å²) in [6.07, 6.45) is 2.14. The van der Waals surface area contributed by atoms with E-state index in [9.17, 15) is 14.9 Å². The van der Waals surface area contributed by atoms with Crippen LogP contribution >= 0.6 is 11.8 Å². The average molecular weight is 464 g/mol. The van der Waals surface area contributed by atoms with Gasteiger partial charge < -0.3 is 4.98 Å². The minimum Gasteiger partial charge on any atom is -0.360 e. The number of anilines is 1. The summed E-state index contributed by atoms with van der Waals surface area (Å²) in [6.45, 7) is 2.02. The molecule has 1 aromatic heterocycles. The van der Waals surface area contributed by atoms with Gasteiger partial charge in [0, 0.05) is 28.4 Å². The normalized spacial score (nSPS) is 17.1. The van der Waals surface area contributed by atoms with Crippen LogP contribution in [0, 0.1) is 18.3 Å². The Hall–Kier alpha value is -4.08. The van der Waals surface area contributed by atoms with Crippen LogP contribution in [0.4, 0.5) is 5.69 Å². The van der Waals surface area contributed by atoms with E-state index < -0.39 is 11.0 Å². The van der Waals surface area contributed by atoms with Gasteiger partial charge in [0.05, 0.1) is 5.25 Å². The Morgan fingerprint density at radius 3 is 2.47 bits per heavy atom. The second kappa shape index (κ2) is 9.05. The molecular weight excluding hydrogens is 442 g/mol.